The molecule has 0 heterocycles. The van der Waals surface area contributed by atoms with Gasteiger partial charge in [0.05, 0.1) is 39.2 Å². The quantitative estimate of drug-likeness (QED) is 0.0319. The number of primary amides is 3. The lowest BCUT2D eigenvalue weighted by atomic mass is 9.96. The van der Waals surface area contributed by atoms with Crippen molar-refractivity contribution < 1.29 is 95.9 Å². The third-order valence-corrected chi connectivity index (χ3v) is 10.8. The van der Waals surface area contributed by atoms with Gasteiger partial charge in [0.25, 0.3) is 0 Å². The number of aliphatic hydroxyl groups excluding tert-OH is 3. The zero-order chi connectivity index (χ0) is 60.2. The fourth-order valence-electron chi connectivity index (χ4n) is 6.33. The number of aliphatic hydroxyl groups is 3. The normalized spacial score (nSPS) is 14.8. The lowest BCUT2D eigenvalue weighted by Crippen LogP contribution is -2.61. The van der Waals surface area contributed by atoms with Gasteiger partial charge in [-0.15, -0.1) is 0 Å². The third-order valence-electron chi connectivity index (χ3n) is 10.8. The van der Waals surface area contributed by atoms with E-state index in [1.807, 2.05) is 0 Å². The monoisotopic (exact) mass is 1120 g/mol. The van der Waals surface area contributed by atoms with Crippen molar-refractivity contribution in [3.63, 3.8) is 0 Å². The number of nitrogens with one attached hydrogen (secondary N) is 9. The smallest absolute Gasteiger partial charge is 0.475 e. The Hall–Kier alpha value is -8.04. The van der Waals surface area contributed by atoms with E-state index in [1.54, 1.807) is 58.0 Å². The fraction of sp³-hybridized carbons (Fsp3) is 0.578. The molecule has 0 fully saturated rings. The molecule has 438 valence electrons. The average Bonchev–Trinajstić information content (AvgIpc) is 3.35. The Morgan fingerprint density at radius 3 is 1.42 bits per heavy atom. The molecule has 0 saturated heterocycles. The summed E-state index contributed by atoms with van der Waals surface area (Å²) < 4.78 is 31.7. The lowest BCUT2D eigenvalue weighted by Gasteiger charge is -2.29. The Morgan fingerprint density at radius 1 is 0.551 bits per heavy atom. The van der Waals surface area contributed by atoms with E-state index >= 15 is 0 Å². The SMILES string of the molecule is CC[C@H](C)[C@H](NC(=O)[C@H](C)NC(=O)CNC(=O)[C@H](Cc1ccccc1)NC(=O)[C@H](CC(N)=O)NC(=O)[C@H](CC(N)=O)NC(=O)[C@@H](N)CO)C(=O)N[C@@H](CC(C)C)C(=O)N[C@@H](CO)C(=O)N[C@@H](CO)C(N)=O.O=C(O)C(F)(F)F. The molecule has 0 aliphatic rings. The summed E-state index contributed by atoms with van der Waals surface area (Å²) in [5, 5.41) is 56.4. The van der Waals surface area contributed by atoms with Crippen molar-refractivity contribution in [1.29, 1.82) is 0 Å². The summed E-state index contributed by atoms with van der Waals surface area (Å²) in [6.45, 7) is 4.74. The number of aliphatic carboxylic acids is 1. The fourth-order valence-corrected chi connectivity index (χ4v) is 6.33. The lowest BCUT2D eigenvalue weighted by molar-refractivity contribution is -0.192. The second-order valence-corrected chi connectivity index (χ2v) is 17.8. The number of carbonyl (C=O) groups excluding carboxylic acids is 12. The number of carboxylic acid groups (broad SMARTS) is 1. The van der Waals surface area contributed by atoms with E-state index < -0.39 is 183 Å². The number of carbonyl (C=O) groups is 13. The van der Waals surface area contributed by atoms with Crippen LogP contribution in [0.5, 0.6) is 0 Å². The van der Waals surface area contributed by atoms with Crippen LogP contribution in [0.3, 0.4) is 0 Å². The topological polar surface area (TPSA) is 515 Å². The minimum atomic E-state index is -5.08. The van der Waals surface area contributed by atoms with Crippen LogP contribution >= 0.6 is 0 Å². The van der Waals surface area contributed by atoms with Gasteiger partial charge in [-0.05, 0) is 30.7 Å². The molecule has 0 radical (unpaired) electrons. The van der Waals surface area contributed by atoms with Crippen molar-refractivity contribution in [1.82, 2.24) is 47.9 Å². The van der Waals surface area contributed by atoms with Gasteiger partial charge < -0.3 is 91.2 Å². The van der Waals surface area contributed by atoms with E-state index in [0.717, 1.165) is 0 Å². The highest BCUT2D eigenvalue weighted by molar-refractivity contribution is 5.99. The van der Waals surface area contributed by atoms with Gasteiger partial charge in [0.1, 0.15) is 54.4 Å². The number of alkyl halides is 3. The molecule has 1 rings (SSSR count). The van der Waals surface area contributed by atoms with Crippen LogP contribution in [-0.2, 0) is 68.7 Å². The molecule has 1 aromatic carbocycles. The zero-order valence-electron chi connectivity index (χ0n) is 43.1. The van der Waals surface area contributed by atoms with Crippen molar-refractivity contribution in [3.8, 4) is 0 Å². The molecule has 1 aromatic rings. The van der Waals surface area contributed by atoms with E-state index in [9.17, 15) is 86.0 Å². The predicted molar refractivity (Wildman–Crippen MR) is 263 cm³/mol. The van der Waals surface area contributed by atoms with Gasteiger partial charge in [-0.25, -0.2) is 4.79 Å². The number of amides is 12. The molecule has 21 N–H and O–H groups in total. The van der Waals surface area contributed by atoms with Crippen LogP contribution in [0.15, 0.2) is 30.3 Å². The number of halogens is 3. The van der Waals surface area contributed by atoms with Crippen LogP contribution in [0.4, 0.5) is 13.2 Å². The second-order valence-electron chi connectivity index (χ2n) is 17.8. The standard InChI is InChI=1S/C43H69N13O15.C2HF3O2/c1-6-21(4)34(43(71)53-25(12-20(2)3)39(67)55-30(19-59)42(70)54-29(18-58)35(47)63)56-36(64)22(5)49-33(62)16-48-38(66)26(13-23-10-8-7-9-11-23)51-41(69)28(15-32(46)61)52-40(68)27(14-31(45)60)50-37(65)24(44)17-57;3-2(4,5)1(6)7/h7-11,20-22,24-30,34,57-59H,6,12-19,44H2,1-5H3,(H2,45,60)(H2,46,61)(H2,47,63)(H,48,66)(H,49,62)(H,50,65)(H,51,69)(H,52,68)(H,53,71)(H,54,70)(H,55,67)(H,56,64);(H,6,7)/t21-,22-,24-,25-,26-,27-,28-,29-,30-,34-;/m0./s1. The predicted octanol–water partition coefficient (Wildman–Crippen LogP) is -7.49. The summed E-state index contributed by atoms with van der Waals surface area (Å²) in [5.74, 6) is -15.6. The van der Waals surface area contributed by atoms with Crippen molar-refractivity contribution in [2.45, 2.75) is 127 Å². The maximum absolute atomic E-state index is 13.7. The highest BCUT2D eigenvalue weighted by Gasteiger charge is 2.39. The first-order valence-corrected chi connectivity index (χ1v) is 23.7. The van der Waals surface area contributed by atoms with E-state index in [0.29, 0.717) is 12.0 Å². The molecule has 0 aliphatic heterocycles. The Kier molecular flexibility index (Phi) is 31.0. The summed E-state index contributed by atoms with van der Waals surface area (Å²) >= 11 is 0. The Bertz CT molecular complexity index is 2260. The molecule has 12 amide bonds. The van der Waals surface area contributed by atoms with E-state index in [2.05, 4.69) is 47.9 Å². The van der Waals surface area contributed by atoms with Gasteiger partial charge in [-0.3, -0.25) is 57.5 Å². The van der Waals surface area contributed by atoms with Crippen LogP contribution in [0.1, 0.15) is 65.9 Å². The number of hydrogen-bond donors (Lipinski definition) is 17. The number of nitrogens with two attached hydrogens (primary N) is 4. The summed E-state index contributed by atoms with van der Waals surface area (Å²) in [4.78, 5) is 163. The minimum absolute atomic E-state index is 0.0278. The molecule has 0 saturated carbocycles. The molecule has 0 spiro atoms. The van der Waals surface area contributed by atoms with Crippen LogP contribution in [0.25, 0.3) is 0 Å². The molecule has 33 heteroatoms. The minimum Gasteiger partial charge on any atom is -0.475 e. The van der Waals surface area contributed by atoms with Gasteiger partial charge in [-0.2, -0.15) is 13.2 Å². The molecule has 78 heavy (non-hydrogen) atoms. The number of rotatable bonds is 32. The Labute approximate surface area is 444 Å². The Balaban J connectivity index is 0.00000788. The summed E-state index contributed by atoms with van der Waals surface area (Å²) in [6, 6.07) is -5.38. The molecule has 30 nitrogen and oxygen atoms in total. The van der Waals surface area contributed by atoms with Crippen LogP contribution in [-0.4, -0.2) is 184 Å². The first-order valence-electron chi connectivity index (χ1n) is 23.7. The van der Waals surface area contributed by atoms with Gasteiger partial charge >= 0.3 is 12.1 Å². The van der Waals surface area contributed by atoms with Crippen molar-refractivity contribution in [2.24, 2.45) is 34.8 Å². The maximum atomic E-state index is 13.7. The van der Waals surface area contributed by atoms with E-state index in [1.165, 1.54) is 6.92 Å². The molecular formula is C45H70F3N13O17. The van der Waals surface area contributed by atoms with Gasteiger partial charge in [-0.1, -0.05) is 64.4 Å². The van der Waals surface area contributed by atoms with Gasteiger partial charge in [0, 0.05) is 6.42 Å². The highest BCUT2D eigenvalue weighted by atomic mass is 19.4. The summed E-state index contributed by atoms with van der Waals surface area (Å²) in [5.41, 5.74) is 21.7. The summed E-state index contributed by atoms with van der Waals surface area (Å²) in [6.07, 6.45) is -6.54. The molecule has 0 unspecified atom stereocenters. The first-order chi connectivity index (χ1) is 36.2. The molecule has 0 aliphatic carbocycles. The van der Waals surface area contributed by atoms with Crippen molar-refractivity contribution in [3.05, 3.63) is 35.9 Å². The molecule has 10 atom stereocenters. The highest BCUT2D eigenvalue weighted by Crippen LogP contribution is 2.14. The van der Waals surface area contributed by atoms with Crippen molar-refractivity contribution in [2.75, 3.05) is 26.4 Å². The zero-order valence-corrected chi connectivity index (χ0v) is 43.1. The summed E-state index contributed by atoms with van der Waals surface area (Å²) in [7, 11) is 0. The molecule has 0 bridgehead atoms. The van der Waals surface area contributed by atoms with E-state index in [4.69, 9.17) is 32.8 Å². The van der Waals surface area contributed by atoms with Crippen LogP contribution in [0.2, 0.25) is 0 Å². The van der Waals surface area contributed by atoms with Gasteiger partial charge in [0.2, 0.25) is 70.9 Å². The number of benzene rings is 1. The number of carboxylic acids is 1. The van der Waals surface area contributed by atoms with Crippen LogP contribution < -0.4 is 70.8 Å². The second kappa shape index (κ2) is 34.6. The van der Waals surface area contributed by atoms with E-state index in [-0.39, 0.29) is 18.8 Å². The average molecular weight is 1120 g/mol. The molecular weight excluding hydrogens is 1050 g/mol. The van der Waals surface area contributed by atoms with Gasteiger partial charge in [0.15, 0.2) is 0 Å². The third kappa shape index (κ3) is 26.6. The molecule has 0 aromatic heterocycles. The number of hydrogen-bond acceptors (Lipinski definition) is 17. The largest absolute Gasteiger partial charge is 0.490 e. The van der Waals surface area contributed by atoms with Crippen molar-refractivity contribution >= 4 is 76.9 Å². The Morgan fingerprint density at radius 2 is 0.987 bits per heavy atom. The maximum Gasteiger partial charge on any atom is 0.490 e. The first kappa shape index (κ1) is 70.0. The van der Waals surface area contributed by atoms with Crippen LogP contribution in [0, 0.1) is 11.8 Å².